The molecule has 0 aromatic heterocycles. The van der Waals surface area contributed by atoms with Gasteiger partial charge in [0.25, 0.3) is 0 Å². The van der Waals surface area contributed by atoms with Gasteiger partial charge in [-0.1, -0.05) is 164 Å². The normalized spacial score (nSPS) is 23.3. The molecule has 7 nitrogen and oxygen atoms in total. The summed E-state index contributed by atoms with van der Waals surface area (Å²) in [5, 5.41) is 11.7. The number of fused-ring (bicyclic) bond motifs is 2. The molecule has 1 fully saturated rings. The van der Waals surface area contributed by atoms with Crippen molar-refractivity contribution in [2.75, 3.05) is 13.2 Å². The summed E-state index contributed by atoms with van der Waals surface area (Å²) in [7, 11) is 0. The fourth-order valence-corrected chi connectivity index (χ4v) is 8.84. The van der Waals surface area contributed by atoms with E-state index in [0.717, 1.165) is 45.4 Å². The Kier molecular flexibility index (Phi) is 14.0. The van der Waals surface area contributed by atoms with Gasteiger partial charge in [-0.25, -0.2) is 0 Å². The fraction of sp³-hybridized carbons (Fsp3) is 0.321. The number of hydrogen-bond donors (Lipinski definition) is 1. The summed E-state index contributed by atoms with van der Waals surface area (Å²) in [6, 6.07) is 53.1. The van der Waals surface area contributed by atoms with Crippen LogP contribution in [0, 0.1) is 0 Å². The van der Waals surface area contributed by atoms with Crippen LogP contribution in [0.3, 0.4) is 0 Å². The van der Waals surface area contributed by atoms with Gasteiger partial charge in [0.1, 0.15) is 41.4 Å². The van der Waals surface area contributed by atoms with Crippen LogP contribution in [0.5, 0.6) is 5.75 Å². The molecule has 1 unspecified atom stereocenters. The smallest absolute Gasteiger partial charge is 0.132 e. The first-order chi connectivity index (χ1) is 29.8. The molecule has 61 heavy (non-hydrogen) atoms. The Balaban J connectivity index is 1.27. The Labute approximate surface area is 365 Å². The van der Waals surface area contributed by atoms with E-state index >= 15 is 0 Å². The van der Waals surface area contributed by atoms with Crippen molar-refractivity contribution in [2.24, 2.45) is 0 Å². The molecule has 1 spiro atoms. The number of aliphatic hydroxyl groups is 1. The first-order valence-corrected chi connectivity index (χ1v) is 21.7. The third-order valence-corrected chi connectivity index (χ3v) is 12.2. The zero-order valence-corrected chi connectivity index (χ0v) is 35.7. The molecule has 6 aromatic carbocycles. The van der Waals surface area contributed by atoms with E-state index in [9.17, 15) is 5.11 Å². The molecule has 316 valence electrons. The molecular formula is C53H55ClO7. The summed E-state index contributed by atoms with van der Waals surface area (Å²) in [6.45, 7) is 5.27. The number of benzene rings is 6. The molecule has 0 radical (unpaired) electrons. The molecule has 0 amide bonds. The van der Waals surface area contributed by atoms with Gasteiger partial charge in [0, 0.05) is 17.0 Å². The number of aliphatic hydroxyl groups excluding tert-OH is 1. The second-order valence-corrected chi connectivity index (χ2v) is 16.9. The largest absolute Gasteiger partial charge is 0.485 e. The molecule has 1 N–H and O–H groups in total. The van der Waals surface area contributed by atoms with E-state index < -0.39 is 35.6 Å². The molecule has 0 saturated carbocycles. The number of rotatable bonds is 17. The average Bonchev–Trinajstić information content (AvgIpc) is 3.29. The highest BCUT2D eigenvalue weighted by atomic mass is 35.5. The molecule has 2 aliphatic heterocycles. The fourth-order valence-electron chi connectivity index (χ4n) is 8.62. The molecular weight excluding hydrogens is 784 g/mol. The Hall–Kier alpha value is -4.83. The van der Waals surface area contributed by atoms with Gasteiger partial charge >= 0.3 is 0 Å². The van der Waals surface area contributed by atoms with Crippen LogP contribution >= 0.6 is 11.6 Å². The topological polar surface area (TPSA) is 75.6 Å². The van der Waals surface area contributed by atoms with Gasteiger partial charge in [-0.3, -0.25) is 0 Å². The molecule has 0 bridgehead atoms. The van der Waals surface area contributed by atoms with Crippen molar-refractivity contribution in [1.82, 2.24) is 0 Å². The highest BCUT2D eigenvalue weighted by Gasteiger charge is 2.62. The van der Waals surface area contributed by atoms with Crippen molar-refractivity contribution in [1.29, 1.82) is 0 Å². The van der Waals surface area contributed by atoms with Crippen LogP contribution in [-0.4, -0.2) is 48.3 Å². The van der Waals surface area contributed by atoms with Crippen molar-refractivity contribution >= 4 is 11.6 Å². The summed E-state index contributed by atoms with van der Waals surface area (Å²) >= 11 is 7.16. The molecule has 8 heteroatoms. The van der Waals surface area contributed by atoms with Crippen LogP contribution in [0.2, 0.25) is 5.02 Å². The Morgan fingerprint density at radius 2 is 1.13 bits per heavy atom. The quantitative estimate of drug-likeness (QED) is 0.0980. The lowest BCUT2D eigenvalue weighted by Gasteiger charge is -2.57. The third kappa shape index (κ3) is 10.3. The van der Waals surface area contributed by atoms with Gasteiger partial charge < -0.3 is 33.5 Å². The van der Waals surface area contributed by atoms with E-state index in [-0.39, 0.29) is 26.2 Å². The van der Waals surface area contributed by atoms with Gasteiger partial charge in [-0.05, 0) is 70.8 Å². The summed E-state index contributed by atoms with van der Waals surface area (Å²) < 4.78 is 42.3. The molecule has 6 aromatic rings. The molecule has 2 aliphatic rings. The number of halogens is 1. The Bertz CT molecular complexity index is 2280. The second-order valence-electron chi connectivity index (χ2n) is 16.5. The standard InChI is InChI=1S/C53H55ClO7/c1-3-38-24-26-39(27-25-38)28-44-29-45-47(30-46(44)54)60-52(2,37-55)36-53(45)51(59-34-43-22-14-7-15-23-43)50(58-33-42-20-12-6-13-21-42)49(57-32-41-18-10-5-11-19-41)48(61-53)35-56-31-40-16-8-4-9-17-40/h4-27,29-30,48-51,55H,3,28,31-37H2,1-2H3/t48-,49-,50+,51-,52?,53+/m1/s1. The summed E-state index contributed by atoms with van der Waals surface area (Å²) in [5.74, 6) is 0.528. The highest BCUT2D eigenvalue weighted by molar-refractivity contribution is 6.31. The number of hydrogen-bond acceptors (Lipinski definition) is 7. The Morgan fingerprint density at radius 1 is 0.623 bits per heavy atom. The van der Waals surface area contributed by atoms with Crippen LogP contribution in [0.15, 0.2) is 158 Å². The van der Waals surface area contributed by atoms with E-state index in [0.29, 0.717) is 37.0 Å². The number of aryl methyl sites for hydroxylation is 1. The maximum Gasteiger partial charge on any atom is 0.132 e. The predicted octanol–water partition coefficient (Wildman–Crippen LogP) is 10.6. The summed E-state index contributed by atoms with van der Waals surface area (Å²) in [4.78, 5) is 0. The predicted molar refractivity (Wildman–Crippen MR) is 239 cm³/mol. The van der Waals surface area contributed by atoms with Crippen LogP contribution in [0.1, 0.15) is 64.8 Å². The Morgan fingerprint density at radius 3 is 1.67 bits per heavy atom. The minimum atomic E-state index is -1.22. The van der Waals surface area contributed by atoms with Crippen molar-refractivity contribution in [2.45, 2.75) is 95.2 Å². The maximum absolute atomic E-state index is 11.1. The van der Waals surface area contributed by atoms with Crippen LogP contribution in [-0.2, 0) is 68.6 Å². The minimum absolute atomic E-state index is 0.197. The van der Waals surface area contributed by atoms with Gasteiger partial charge in [-0.15, -0.1) is 0 Å². The van der Waals surface area contributed by atoms with E-state index in [1.54, 1.807) is 0 Å². The van der Waals surface area contributed by atoms with E-state index in [1.807, 2.05) is 97.9 Å². The van der Waals surface area contributed by atoms with E-state index in [2.05, 4.69) is 73.7 Å². The monoisotopic (exact) mass is 838 g/mol. The summed E-state index contributed by atoms with van der Waals surface area (Å²) in [5.41, 5.74) is 5.90. The number of ether oxygens (including phenoxy) is 6. The SMILES string of the molecule is CCc1ccc(Cc2cc3c(cc2Cl)OC(C)(CO)C[C@]32O[C@H](COCc3ccccc3)[C@@H](OCc3ccccc3)[C@H](OCc3ccccc3)[C@H]2OCc2ccccc2)cc1. The van der Waals surface area contributed by atoms with Gasteiger partial charge in [0.05, 0.1) is 39.6 Å². The maximum atomic E-state index is 11.1. The van der Waals surface area contributed by atoms with Crippen molar-refractivity contribution in [3.05, 3.63) is 207 Å². The van der Waals surface area contributed by atoms with Gasteiger partial charge in [-0.2, -0.15) is 0 Å². The highest BCUT2D eigenvalue weighted by Crippen LogP contribution is 2.55. The first kappa shape index (κ1) is 42.8. The first-order valence-electron chi connectivity index (χ1n) is 21.3. The van der Waals surface area contributed by atoms with Crippen molar-refractivity contribution in [3.8, 4) is 5.75 Å². The molecule has 0 aliphatic carbocycles. The van der Waals surface area contributed by atoms with Crippen LogP contribution in [0.25, 0.3) is 0 Å². The third-order valence-electron chi connectivity index (χ3n) is 11.8. The zero-order valence-electron chi connectivity index (χ0n) is 35.0. The van der Waals surface area contributed by atoms with Gasteiger partial charge in [0.15, 0.2) is 0 Å². The van der Waals surface area contributed by atoms with E-state index in [4.69, 9.17) is 40.0 Å². The van der Waals surface area contributed by atoms with Gasteiger partial charge in [0.2, 0.25) is 0 Å². The lowest BCUT2D eigenvalue weighted by Crippen LogP contribution is -2.68. The molecule has 8 rings (SSSR count). The minimum Gasteiger partial charge on any atom is -0.485 e. The van der Waals surface area contributed by atoms with Crippen LogP contribution in [0.4, 0.5) is 0 Å². The lowest BCUT2D eigenvalue weighted by molar-refractivity contribution is -0.326. The van der Waals surface area contributed by atoms with Crippen molar-refractivity contribution < 1.29 is 33.5 Å². The molecule has 6 atom stereocenters. The average molecular weight is 839 g/mol. The molecule has 2 heterocycles. The molecule has 1 saturated heterocycles. The summed E-state index contributed by atoms with van der Waals surface area (Å²) in [6.07, 6.45) is -0.901. The zero-order chi connectivity index (χ0) is 42.1. The second kappa shape index (κ2) is 19.9. The lowest BCUT2D eigenvalue weighted by atomic mass is 9.71. The van der Waals surface area contributed by atoms with E-state index in [1.165, 1.54) is 5.56 Å². The van der Waals surface area contributed by atoms with Crippen LogP contribution < -0.4 is 4.74 Å². The van der Waals surface area contributed by atoms with Crippen molar-refractivity contribution in [3.63, 3.8) is 0 Å².